The summed E-state index contributed by atoms with van der Waals surface area (Å²) >= 11 is 5.88. The lowest BCUT2D eigenvalue weighted by molar-refractivity contribution is 0.319. The molecule has 0 fully saturated rings. The van der Waals surface area contributed by atoms with Crippen molar-refractivity contribution in [3.63, 3.8) is 0 Å². The first-order valence-corrected chi connectivity index (χ1v) is 6.50. The van der Waals surface area contributed by atoms with Crippen LogP contribution in [0.25, 0.3) is 0 Å². The summed E-state index contributed by atoms with van der Waals surface area (Å²) in [6.07, 6.45) is 0. The molecule has 0 radical (unpaired) electrons. The van der Waals surface area contributed by atoms with Crippen molar-refractivity contribution in [2.45, 2.75) is 20.0 Å². The van der Waals surface area contributed by atoms with Gasteiger partial charge in [0.2, 0.25) is 0 Å². The monoisotopic (exact) mass is 259 g/mol. The molecule has 0 aliphatic carbocycles. The molecule has 2 aromatic carbocycles. The van der Waals surface area contributed by atoms with Crippen molar-refractivity contribution < 1.29 is 0 Å². The summed E-state index contributed by atoms with van der Waals surface area (Å²) < 4.78 is 0. The van der Waals surface area contributed by atoms with Gasteiger partial charge in [-0.2, -0.15) is 0 Å². The third-order valence-electron chi connectivity index (χ3n) is 2.94. The summed E-state index contributed by atoms with van der Waals surface area (Å²) in [4.78, 5) is 2.30. The van der Waals surface area contributed by atoms with Crippen LogP contribution in [0, 0.1) is 6.92 Å². The number of hydrogen-bond donors (Lipinski definition) is 0. The zero-order valence-electron chi connectivity index (χ0n) is 10.9. The number of nitrogens with zero attached hydrogens (tertiary/aromatic N) is 1. The van der Waals surface area contributed by atoms with Crippen LogP contribution < -0.4 is 0 Å². The highest BCUT2D eigenvalue weighted by atomic mass is 35.5. The van der Waals surface area contributed by atoms with Gasteiger partial charge < -0.3 is 0 Å². The van der Waals surface area contributed by atoms with E-state index in [0.29, 0.717) is 0 Å². The van der Waals surface area contributed by atoms with Crippen LogP contribution in [0.1, 0.15) is 16.7 Å². The largest absolute Gasteiger partial charge is 0.298 e. The molecule has 0 aliphatic heterocycles. The van der Waals surface area contributed by atoms with E-state index in [9.17, 15) is 0 Å². The fourth-order valence-electron chi connectivity index (χ4n) is 1.96. The Hall–Kier alpha value is -1.31. The van der Waals surface area contributed by atoms with Gasteiger partial charge in [0.1, 0.15) is 0 Å². The fraction of sp³-hybridized carbons (Fsp3) is 0.250. The van der Waals surface area contributed by atoms with Crippen LogP contribution >= 0.6 is 11.6 Å². The first kappa shape index (κ1) is 13.1. The molecule has 2 heteroatoms. The lowest BCUT2D eigenvalue weighted by atomic mass is 10.1. The van der Waals surface area contributed by atoms with Crippen LogP contribution in [0.2, 0.25) is 5.02 Å². The Morgan fingerprint density at radius 2 is 1.28 bits per heavy atom. The van der Waals surface area contributed by atoms with Gasteiger partial charge in [-0.05, 0) is 37.2 Å². The zero-order valence-corrected chi connectivity index (χ0v) is 11.6. The molecular weight excluding hydrogens is 242 g/mol. The SMILES string of the molecule is Cc1ccc(CN(C)Cc2ccc(Cl)cc2)cc1. The molecule has 2 rings (SSSR count). The quantitative estimate of drug-likeness (QED) is 0.792. The van der Waals surface area contributed by atoms with Gasteiger partial charge in [0.25, 0.3) is 0 Å². The third kappa shape index (κ3) is 3.86. The molecule has 0 bridgehead atoms. The van der Waals surface area contributed by atoms with E-state index < -0.39 is 0 Å². The average Bonchev–Trinajstić information content (AvgIpc) is 2.35. The Bertz CT molecular complexity index is 440. The maximum Gasteiger partial charge on any atom is 0.0406 e. The highest BCUT2D eigenvalue weighted by Crippen LogP contribution is 2.12. The zero-order chi connectivity index (χ0) is 13.0. The Morgan fingerprint density at radius 3 is 1.78 bits per heavy atom. The van der Waals surface area contributed by atoms with Gasteiger partial charge in [-0.1, -0.05) is 53.6 Å². The summed E-state index contributed by atoms with van der Waals surface area (Å²) in [6.45, 7) is 4.01. The summed E-state index contributed by atoms with van der Waals surface area (Å²) in [5.41, 5.74) is 3.94. The molecule has 1 nitrogen and oxygen atoms in total. The standard InChI is InChI=1S/C16H18ClN/c1-13-3-5-14(6-4-13)11-18(2)12-15-7-9-16(17)10-8-15/h3-10H,11-12H2,1-2H3. The summed E-state index contributed by atoms with van der Waals surface area (Å²) in [6, 6.07) is 16.7. The molecule has 0 saturated carbocycles. The van der Waals surface area contributed by atoms with Crippen molar-refractivity contribution in [2.75, 3.05) is 7.05 Å². The average molecular weight is 260 g/mol. The van der Waals surface area contributed by atoms with Crippen LogP contribution in [0.15, 0.2) is 48.5 Å². The van der Waals surface area contributed by atoms with Gasteiger partial charge in [-0.15, -0.1) is 0 Å². The molecule has 0 unspecified atom stereocenters. The topological polar surface area (TPSA) is 3.24 Å². The molecule has 0 heterocycles. The second kappa shape index (κ2) is 6.03. The molecular formula is C16H18ClN. The van der Waals surface area contributed by atoms with E-state index in [1.165, 1.54) is 16.7 Å². The lowest BCUT2D eigenvalue weighted by Gasteiger charge is -2.17. The van der Waals surface area contributed by atoms with E-state index in [4.69, 9.17) is 11.6 Å². The number of halogens is 1. The fourth-order valence-corrected chi connectivity index (χ4v) is 2.09. The smallest absolute Gasteiger partial charge is 0.0406 e. The molecule has 0 spiro atoms. The number of rotatable bonds is 4. The van der Waals surface area contributed by atoms with E-state index in [1.807, 2.05) is 12.1 Å². The minimum Gasteiger partial charge on any atom is -0.298 e. The molecule has 2 aromatic rings. The molecule has 0 saturated heterocycles. The molecule has 0 N–H and O–H groups in total. The Morgan fingerprint density at radius 1 is 0.833 bits per heavy atom. The second-order valence-electron chi connectivity index (χ2n) is 4.78. The van der Waals surface area contributed by atoms with Crippen molar-refractivity contribution in [3.8, 4) is 0 Å². The van der Waals surface area contributed by atoms with E-state index in [0.717, 1.165) is 18.1 Å². The molecule has 0 aliphatic rings. The summed E-state index contributed by atoms with van der Waals surface area (Å²) in [5, 5.41) is 0.792. The van der Waals surface area contributed by atoms with Crippen LogP contribution in [0.5, 0.6) is 0 Å². The maximum atomic E-state index is 5.88. The normalized spacial score (nSPS) is 10.9. The highest BCUT2D eigenvalue weighted by molar-refractivity contribution is 6.30. The minimum absolute atomic E-state index is 0.792. The van der Waals surface area contributed by atoms with E-state index in [1.54, 1.807) is 0 Å². The first-order valence-electron chi connectivity index (χ1n) is 6.12. The van der Waals surface area contributed by atoms with Crippen LogP contribution in [0.3, 0.4) is 0 Å². The van der Waals surface area contributed by atoms with Gasteiger partial charge >= 0.3 is 0 Å². The first-order chi connectivity index (χ1) is 8.63. The minimum atomic E-state index is 0.792. The second-order valence-corrected chi connectivity index (χ2v) is 5.22. The van der Waals surface area contributed by atoms with Crippen molar-refractivity contribution >= 4 is 11.6 Å². The summed E-state index contributed by atoms with van der Waals surface area (Å²) in [7, 11) is 2.13. The van der Waals surface area contributed by atoms with E-state index in [-0.39, 0.29) is 0 Å². The molecule has 18 heavy (non-hydrogen) atoms. The predicted octanol–water partition coefficient (Wildman–Crippen LogP) is 4.28. The Labute approximate surface area is 114 Å². The van der Waals surface area contributed by atoms with Crippen LogP contribution in [0.4, 0.5) is 0 Å². The van der Waals surface area contributed by atoms with E-state index >= 15 is 0 Å². The third-order valence-corrected chi connectivity index (χ3v) is 3.19. The van der Waals surface area contributed by atoms with Gasteiger partial charge in [0.05, 0.1) is 0 Å². The number of benzene rings is 2. The highest BCUT2D eigenvalue weighted by Gasteiger charge is 2.01. The van der Waals surface area contributed by atoms with Crippen LogP contribution in [-0.4, -0.2) is 11.9 Å². The molecule has 94 valence electrons. The summed E-state index contributed by atoms with van der Waals surface area (Å²) in [5.74, 6) is 0. The van der Waals surface area contributed by atoms with Gasteiger partial charge in [-0.3, -0.25) is 4.90 Å². The number of aryl methyl sites for hydroxylation is 1. The van der Waals surface area contributed by atoms with Crippen LogP contribution in [-0.2, 0) is 13.1 Å². The van der Waals surface area contributed by atoms with Crippen molar-refractivity contribution in [1.29, 1.82) is 0 Å². The van der Waals surface area contributed by atoms with Crippen molar-refractivity contribution in [1.82, 2.24) is 4.90 Å². The van der Waals surface area contributed by atoms with Gasteiger partial charge in [0, 0.05) is 18.1 Å². The number of hydrogen-bond acceptors (Lipinski definition) is 1. The van der Waals surface area contributed by atoms with Gasteiger partial charge in [0.15, 0.2) is 0 Å². The van der Waals surface area contributed by atoms with Gasteiger partial charge in [-0.25, -0.2) is 0 Å². The Kier molecular flexibility index (Phi) is 4.40. The maximum absolute atomic E-state index is 5.88. The molecule has 0 atom stereocenters. The molecule has 0 amide bonds. The predicted molar refractivity (Wildman–Crippen MR) is 77.8 cm³/mol. The van der Waals surface area contributed by atoms with E-state index in [2.05, 4.69) is 55.3 Å². The Balaban J connectivity index is 1.94. The van der Waals surface area contributed by atoms with Crippen molar-refractivity contribution in [2.24, 2.45) is 0 Å². The van der Waals surface area contributed by atoms with Crippen molar-refractivity contribution in [3.05, 3.63) is 70.2 Å². The molecule has 0 aromatic heterocycles. The lowest BCUT2D eigenvalue weighted by Crippen LogP contribution is -2.17.